The van der Waals surface area contributed by atoms with E-state index < -0.39 is 0 Å². The normalized spacial score (nSPS) is 19.1. The van der Waals surface area contributed by atoms with Crippen molar-refractivity contribution in [1.82, 2.24) is 4.48 Å². The second kappa shape index (κ2) is 7.89. The fourth-order valence-corrected chi connectivity index (χ4v) is 11.9. The van der Waals surface area contributed by atoms with Gasteiger partial charge in [0.2, 0.25) is 0 Å². The highest BCUT2D eigenvalue weighted by Crippen LogP contribution is 2.62. The van der Waals surface area contributed by atoms with Crippen molar-refractivity contribution >= 4 is 93.6 Å². The van der Waals surface area contributed by atoms with Crippen LogP contribution in [-0.4, -0.2) is 17.4 Å². The molecular weight excluding hydrogens is 603 g/mol. The third-order valence-electron chi connectivity index (χ3n) is 12.4. The molecule has 0 radical (unpaired) electrons. The summed E-state index contributed by atoms with van der Waals surface area (Å²) in [6, 6.07) is 43.6. The smallest absolute Gasteiger partial charge is 0.333 e. The summed E-state index contributed by atoms with van der Waals surface area (Å²) in [4.78, 5) is 2.76. The van der Waals surface area contributed by atoms with Crippen LogP contribution in [0.25, 0.3) is 64.3 Å². The quantitative estimate of drug-likeness (QED) is 0.156. The Bertz CT molecular complexity index is 2980. The minimum absolute atomic E-state index is 0.0314. The average Bonchev–Trinajstić information content (AvgIpc) is 3.90. The van der Waals surface area contributed by atoms with Crippen LogP contribution >= 0.6 is 11.3 Å². The van der Waals surface area contributed by atoms with Crippen molar-refractivity contribution in [2.75, 3.05) is 4.90 Å². The third-order valence-corrected chi connectivity index (χ3v) is 13.6. The fraction of sp³-hybridized carbons (Fsp3) is 0.116. The molecule has 2 unspecified atom stereocenters. The van der Waals surface area contributed by atoms with Gasteiger partial charge in [-0.25, -0.2) is 0 Å². The van der Waals surface area contributed by atoms with Crippen molar-refractivity contribution in [2.45, 2.75) is 31.2 Å². The van der Waals surface area contributed by atoms with Crippen LogP contribution in [0.4, 0.5) is 11.4 Å². The zero-order valence-corrected chi connectivity index (χ0v) is 27.2. The van der Waals surface area contributed by atoms with Gasteiger partial charge in [0.15, 0.2) is 5.58 Å². The minimum atomic E-state index is -0.0738. The van der Waals surface area contributed by atoms with E-state index in [1.165, 1.54) is 92.1 Å². The standard InChI is InChI=1S/C43H27BN2OS/c1-43(2)30-17-6-3-12-24(30)34-26-15-10-18-31-37(26)45(42(34)43)39-35-28(21-29-22-11-4-7-19-32(22)47-40(29)39)23-14-9-16-27-36(23)46(44(31)35)38-25-13-5-8-20-33(25)48-41(27)38/h3-21,34,42H,1-2H3. The van der Waals surface area contributed by atoms with Gasteiger partial charge in [-0.15, -0.1) is 11.3 Å². The Balaban J connectivity index is 1.28. The van der Waals surface area contributed by atoms with Crippen molar-refractivity contribution in [3.63, 3.8) is 0 Å². The summed E-state index contributed by atoms with van der Waals surface area (Å²) in [6.07, 6.45) is 0. The van der Waals surface area contributed by atoms with Gasteiger partial charge in [0.25, 0.3) is 0 Å². The lowest BCUT2D eigenvalue weighted by Gasteiger charge is -2.44. The second-order valence-electron chi connectivity index (χ2n) is 14.8. The van der Waals surface area contributed by atoms with Crippen LogP contribution in [-0.2, 0) is 5.41 Å². The van der Waals surface area contributed by atoms with Gasteiger partial charge in [-0.3, -0.25) is 0 Å². The molecule has 0 fully saturated rings. The molecule has 0 spiro atoms. The maximum absolute atomic E-state index is 7.02. The molecule has 5 heteroatoms. The maximum Gasteiger partial charge on any atom is 0.333 e. The van der Waals surface area contributed by atoms with Crippen LogP contribution < -0.4 is 15.8 Å². The van der Waals surface area contributed by atoms with Gasteiger partial charge in [-0.05, 0) is 51.4 Å². The number of furan rings is 1. The van der Waals surface area contributed by atoms with E-state index in [-0.39, 0.29) is 24.2 Å². The lowest BCUT2D eigenvalue weighted by Crippen LogP contribution is -2.59. The molecule has 6 heterocycles. The van der Waals surface area contributed by atoms with Crippen LogP contribution in [0.2, 0.25) is 0 Å². The second-order valence-corrected chi connectivity index (χ2v) is 15.9. The molecule has 3 aliphatic heterocycles. The summed E-state index contributed by atoms with van der Waals surface area (Å²) in [5, 5.41) is 5.10. The van der Waals surface area contributed by atoms with Crippen LogP contribution in [0.1, 0.15) is 36.5 Å². The molecule has 1 aliphatic carbocycles. The van der Waals surface area contributed by atoms with E-state index in [1.54, 1.807) is 0 Å². The summed E-state index contributed by atoms with van der Waals surface area (Å²) in [6.45, 7) is 4.96. The van der Waals surface area contributed by atoms with Crippen LogP contribution in [0.15, 0.2) is 120 Å². The van der Waals surface area contributed by atoms with Crippen molar-refractivity contribution < 1.29 is 4.42 Å². The van der Waals surface area contributed by atoms with E-state index in [0.29, 0.717) is 0 Å². The van der Waals surface area contributed by atoms with E-state index in [4.69, 9.17) is 4.42 Å². The Hall–Kier alpha value is -5.26. The highest BCUT2D eigenvalue weighted by molar-refractivity contribution is 7.27. The topological polar surface area (TPSA) is 21.3 Å². The summed E-state index contributed by atoms with van der Waals surface area (Å²) in [5.74, 6) is 0.288. The summed E-state index contributed by atoms with van der Waals surface area (Å²) < 4.78 is 12.5. The first-order valence-corrected chi connectivity index (χ1v) is 17.9. The molecule has 13 rings (SSSR count). The predicted octanol–water partition coefficient (Wildman–Crippen LogP) is 9.80. The molecule has 9 aromatic rings. The van der Waals surface area contributed by atoms with Gasteiger partial charge in [-0.1, -0.05) is 111 Å². The van der Waals surface area contributed by atoms with Gasteiger partial charge in [-0.2, -0.15) is 0 Å². The van der Waals surface area contributed by atoms with Gasteiger partial charge in [0, 0.05) is 54.3 Å². The number of aromatic nitrogens is 1. The Morgan fingerprint density at radius 2 is 1.46 bits per heavy atom. The molecule has 3 aromatic heterocycles. The Morgan fingerprint density at radius 3 is 2.40 bits per heavy atom. The number of thiophene rings is 1. The van der Waals surface area contributed by atoms with Crippen molar-refractivity contribution in [1.29, 1.82) is 0 Å². The highest BCUT2D eigenvalue weighted by Gasteiger charge is 2.59. The first-order valence-electron chi connectivity index (χ1n) is 17.1. The van der Waals surface area contributed by atoms with E-state index >= 15 is 0 Å². The number of rotatable bonds is 0. The molecule has 3 nitrogen and oxygen atoms in total. The van der Waals surface area contributed by atoms with Crippen LogP contribution in [0.3, 0.4) is 0 Å². The number of para-hydroxylation sites is 3. The lowest BCUT2D eigenvalue weighted by molar-refractivity contribution is 0.430. The maximum atomic E-state index is 7.02. The summed E-state index contributed by atoms with van der Waals surface area (Å²) in [5.41, 5.74) is 17.1. The van der Waals surface area contributed by atoms with Gasteiger partial charge in [0.05, 0.1) is 21.9 Å². The number of hydrogen-bond acceptors (Lipinski definition) is 3. The summed E-state index contributed by atoms with van der Waals surface area (Å²) in [7, 11) is 0. The molecule has 2 atom stereocenters. The van der Waals surface area contributed by atoms with E-state index in [1.807, 2.05) is 11.3 Å². The SMILES string of the molecule is CC1(C)c2ccccc2C2c3cccc4c3N(c3c5c(cc6c3oc3ccccc36)-c3cccc6c7sc8ccccc8c7n(c36)B45)C21. The first kappa shape index (κ1) is 24.9. The average molecular weight is 631 g/mol. The van der Waals surface area contributed by atoms with Crippen LogP contribution in [0, 0.1) is 0 Å². The third kappa shape index (κ3) is 2.52. The number of benzene rings is 6. The molecule has 0 saturated carbocycles. The highest BCUT2D eigenvalue weighted by atomic mass is 32.1. The molecule has 0 amide bonds. The monoisotopic (exact) mass is 630 g/mol. The Morgan fingerprint density at radius 1 is 0.688 bits per heavy atom. The first-order chi connectivity index (χ1) is 23.6. The lowest BCUT2D eigenvalue weighted by atomic mass is 9.45. The van der Waals surface area contributed by atoms with Gasteiger partial charge < -0.3 is 13.8 Å². The molecule has 4 aliphatic rings. The molecule has 224 valence electrons. The van der Waals surface area contributed by atoms with Crippen molar-refractivity contribution in [3.8, 4) is 11.1 Å². The van der Waals surface area contributed by atoms with E-state index in [0.717, 1.165) is 11.2 Å². The molecule has 0 N–H and O–H groups in total. The van der Waals surface area contributed by atoms with Crippen molar-refractivity contribution in [3.05, 3.63) is 132 Å². The minimum Gasteiger partial charge on any atom is -0.454 e. The molecule has 6 aromatic carbocycles. The number of nitrogens with zero attached hydrogens (tertiary/aromatic N) is 2. The molecular formula is C43H27BN2OS. The zero-order valence-electron chi connectivity index (χ0n) is 26.4. The van der Waals surface area contributed by atoms with Crippen molar-refractivity contribution in [2.24, 2.45) is 0 Å². The summed E-state index contributed by atoms with van der Waals surface area (Å²) >= 11 is 1.94. The van der Waals surface area contributed by atoms with E-state index in [9.17, 15) is 0 Å². The Kier molecular flexibility index (Phi) is 4.08. The number of anilines is 2. The molecule has 48 heavy (non-hydrogen) atoms. The Labute approximate surface area is 280 Å². The molecule has 0 bridgehead atoms. The predicted molar refractivity (Wildman–Crippen MR) is 202 cm³/mol. The van der Waals surface area contributed by atoms with Crippen LogP contribution in [0.5, 0.6) is 0 Å². The van der Waals surface area contributed by atoms with E-state index in [2.05, 4.69) is 138 Å². The number of fused-ring (bicyclic) bond motifs is 18. The molecule has 0 saturated heterocycles. The number of hydrogen-bond donors (Lipinski definition) is 0. The largest absolute Gasteiger partial charge is 0.454 e. The fourth-order valence-electron chi connectivity index (χ4n) is 10.7. The van der Waals surface area contributed by atoms with Gasteiger partial charge in [0.1, 0.15) is 5.58 Å². The van der Waals surface area contributed by atoms with Gasteiger partial charge >= 0.3 is 6.85 Å². The zero-order chi connectivity index (χ0) is 31.2.